The average Bonchev–Trinajstić information content (AvgIpc) is 3.08. The second-order valence-corrected chi connectivity index (χ2v) is 6.56. The van der Waals surface area contributed by atoms with Crippen LogP contribution in [0.1, 0.15) is 54.4 Å². The summed E-state index contributed by atoms with van der Waals surface area (Å²) in [5, 5.41) is 0. The number of carbonyl (C=O) groups excluding carboxylic acids is 1. The molecule has 0 aromatic carbocycles. The maximum absolute atomic E-state index is 11.5. The molecule has 0 aromatic heterocycles. The van der Waals surface area contributed by atoms with Crippen LogP contribution in [0, 0.1) is 11.8 Å². The van der Waals surface area contributed by atoms with Crippen LogP contribution < -0.4 is 0 Å². The first-order valence-corrected chi connectivity index (χ1v) is 7.24. The molecular formula is C16H28O3. The number of ether oxygens (including phenoxy) is 2. The number of esters is 1. The van der Waals surface area contributed by atoms with Gasteiger partial charge in [-0.15, -0.1) is 0 Å². The number of allylic oxidation sites excluding steroid dienone is 1. The SMILES string of the molecule is CC(=CC(C)C)[C@@H](C)OC(C)(C)COC(=O)C1CC1. The zero-order valence-corrected chi connectivity index (χ0v) is 13.2. The normalized spacial score (nSPS) is 18.6. The van der Waals surface area contributed by atoms with Crippen LogP contribution in [0.25, 0.3) is 0 Å². The van der Waals surface area contributed by atoms with Crippen molar-refractivity contribution in [2.75, 3.05) is 6.61 Å². The summed E-state index contributed by atoms with van der Waals surface area (Å²) in [6.07, 6.45) is 4.20. The van der Waals surface area contributed by atoms with Gasteiger partial charge in [0.15, 0.2) is 0 Å². The van der Waals surface area contributed by atoms with Crippen molar-refractivity contribution in [2.24, 2.45) is 11.8 Å². The van der Waals surface area contributed by atoms with Crippen LogP contribution in [0.3, 0.4) is 0 Å². The van der Waals surface area contributed by atoms with Crippen molar-refractivity contribution in [3.05, 3.63) is 11.6 Å². The van der Waals surface area contributed by atoms with Crippen LogP contribution in [0.4, 0.5) is 0 Å². The van der Waals surface area contributed by atoms with E-state index in [1.807, 2.05) is 20.8 Å². The van der Waals surface area contributed by atoms with Crippen LogP contribution in [-0.4, -0.2) is 24.3 Å². The van der Waals surface area contributed by atoms with Crippen molar-refractivity contribution in [3.63, 3.8) is 0 Å². The van der Waals surface area contributed by atoms with E-state index in [-0.39, 0.29) is 18.0 Å². The number of hydrogen-bond donors (Lipinski definition) is 0. The van der Waals surface area contributed by atoms with Gasteiger partial charge in [-0.3, -0.25) is 4.79 Å². The second-order valence-electron chi connectivity index (χ2n) is 6.56. The number of carbonyl (C=O) groups is 1. The third-order valence-corrected chi connectivity index (χ3v) is 3.21. The first-order chi connectivity index (χ1) is 8.71. The molecule has 0 bridgehead atoms. The molecule has 19 heavy (non-hydrogen) atoms. The molecule has 0 radical (unpaired) electrons. The lowest BCUT2D eigenvalue weighted by Gasteiger charge is -2.29. The summed E-state index contributed by atoms with van der Waals surface area (Å²) in [5.41, 5.74) is 0.771. The summed E-state index contributed by atoms with van der Waals surface area (Å²) in [6.45, 7) is 12.7. The maximum atomic E-state index is 11.5. The molecule has 0 aliphatic heterocycles. The molecule has 1 aliphatic rings. The van der Waals surface area contributed by atoms with Gasteiger partial charge in [0.1, 0.15) is 6.61 Å². The Morgan fingerprint density at radius 3 is 2.37 bits per heavy atom. The average molecular weight is 268 g/mol. The predicted molar refractivity (Wildman–Crippen MR) is 76.9 cm³/mol. The molecule has 3 nitrogen and oxygen atoms in total. The molecule has 0 amide bonds. The largest absolute Gasteiger partial charge is 0.462 e. The second kappa shape index (κ2) is 6.56. The van der Waals surface area contributed by atoms with Gasteiger partial charge in [-0.05, 0) is 52.0 Å². The highest BCUT2D eigenvalue weighted by Crippen LogP contribution is 2.30. The Labute approximate surface area is 117 Å². The molecular weight excluding hydrogens is 240 g/mol. The predicted octanol–water partition coefficient (Wildman–Crippen LogP) is 3.73. The van der Waals surface area contributed by atoms with Crippen molar-refractivity contribution in [2.45, 2.75) is 66.1 Å². The Kier molecular flexibility index (Phi) is 5.60. The summed E-state index contributed by atoms with van der Waals surface area (Å²) in [4.78, 5) is 11.5. The van der Waals surface area contributed by atoms with Crippen molar-refractivity contribution < 1.29 is 14.3 Å². The minimum atomic E-state index is -0.448. The van der Waals surface area contributed by atoms with Gasteiger partial charge in [0.25, 0.3) is 0 Å². The fourth-order valence-electron chi connectivity index (χ4n) is 1.95. The van der Waals surface area contributed by atoms with Crippen LogP contribution in [0.2, 0.25) is 0 Å². The zero-order valence-electron chi connectivity index (χ0n) is 13.2. The third kappa shape index (κ3) is 6.24. The summed E-state index contributed by atoms with van der Waals surface area (Å²) in [5.74, 6) is 0.594. The van der Waals surface area contributed by atoms with Gasteiger partial charge in [-0.25, -0.2) is 0 Å². The summed E-state index contributed by atoms with van der Waals surface area (Å²) < 4.78 is 11.3. The van der Waals surface area contributed by atoms with Gasteiger partial charge in [0.05, 0.1) is 17.6 Å². The fourth-order valence-corrected chi connectivity index (χ4v) is 1.95. The summed E-state index contributed by atoms with van der Waals surface area (Å²) >= 11 is 0. The van der Waals surface area contributed by atoms with Crippen LogP contribution in [-0.2, 0) is 14.3 Å². The molecule has 0 spiro atoms. The van der Waals surface area contributed by atoms with Gasteiger partial charge in [0, 0.05) is 0 Å². The minimum Gasteiger partial charge on any atom is -0.462 e. The highest BCUT2D eigenvalue weighted by atomic mass is 16.6. The van der Waals surface area contributed by atoms with E-state index < -0.39 is 5.60 Å². The number of hydrogen-bond acceptors (Lipinski definition) is 3. The monoisotopic (exact) mass is 268 g/mol. The first kappa shape index (κ1) is 16.2. The van der Waals surface area contributed by atoms with Crippen molar-refractivity contribution in [1.29, 1.82) is 0 Å². The van der Waals surface area contributed by atoms with Gasteiger partial charge >= 0.3 is 5.97 Å². The summed E-state index contributed by atoms with van der Waals surface area (Å²) in [7, 11) is 0. The Bertz CT molecular complexity index is 338. The lowest BCUT2D eigenvalue weighted by molar-refractivity contribution is -0.157. The molecule has 0 aromatic rings. The standard InChI is InChI=1S/C16H28O3/c1-11(2)9-12(3)13(4)19-16(5,6)10-18-15(17)14-7-8-14/h9,11,13-14H,7-8,10H2,1-6H3/t13-/m1/s1. The number of rotatable bonds is 7. The molecule has 0 heterocycles. The van der Waals surface area contributed by atoms with Gasteiger partial charge in [-0.1, -0.05) is 19.9 Å². The quantitative estimate of drug-likeness (QED) is 0.521. The van der Waals surface area contributed by atoms with E-state index in [0.29, 0.717) is 12.5 Å². The minimum absolute atomic E-state index is 0.0389. The third-order valence-electron chi connectivity index (χ3n) is 3.21. The fraction of sp³-hybridized carbons (Fsp3) is 0.812. The molecule has 0 N–H and O–H groups in total. The smallest absolute Gasteiger partial charge is 0.309 e. The zero-order chi connectivity index (χ0) is 14.6. The van der Waals surface area contributed by atoms with Crippen LogP contribution in [0.5, 0.6) is 0 Å². The van der Waals surface area contributed by atoms with E-state index in [1.54, 1.807) is 0 Å². The van der Waals surface area contributed by atoms with E-state index in [2.05, 4.69) is 26.8 Å². The van der Waals surface area contributed by atoms with E-state index >= 15 is 0 Å². The molecule has 1 rings (SSSR count). The Balaban J connectivity index is 2.41. The van der Waals surface area contributed by atoms with Crippen molar-refractivity contribution in [3.8, 4) is 0 Å². The molecule has 1 aliphatic carbocycles. The lowest BCUT2D eigenvalue weighted by atomic mass is 10.1. The Morgan fingerprint density at radius 2 is 1.89 bits per heavy atom. The molecule has 0 saturated heterocycles. The summed E-state index contributed by atoms with van der Waals surface area (Å²) in [6, 6.07) is 0. The van der Waals surface area contributed by atoms with E-state index in [1.165, 1.54) is 5.57 Å². The molecule has 1 saturated carbocycles. The van der Waals surface area contributed by atoms with Gasteiger partial charge < -0.3 is 9.47 Å². The van der Waals surface area contributed by atoms with Crippen molar-refractivity contribution in [1.82, 2.24) is 0 Å². The highest BCUT2D eigenvalue weighted by molar-refractivity contribution is 5.74. The molecule has 0 unspecified atom stereocenters. The maximum Gasteiger partial charge on any atom is 0.309 e. The van der Waals surface area contributed by atoms with Gasteiger partial charge in [0.2, 0.25) is 0 Å². The van der Waals surface area contributed by atoms with E-state index in [9.17, 15) is 4.79 Å². The molecule has 1 atom stereocenters. The molecule has 3 heteroatoms. The highest BCUT2D eigenvalue weighted by Gasteiger charge is 2.33. The van der Waals surface area contributed by atoms with Crippen molar-refractivity contribution >= 4 is 5.97 Å². The van der Waals surface area contributed by atoms with Gasteiger partial charge in [-0.2, -0.15) is 0 Å². The van der Waals surface area contributed by atoms with Crippen LogP contribution >= 0.6 is 0 Å². The topological polar surface area (TPSA) is 35.5 Å². The van der Waals surface area contributed by atoms with E-state index in [0.717, 1.165) is 12.8 Å². The van der Waals surface area contributed by atoms with Crippen LogP contribution in [0.15, 0.2) is 11.6 Å². The Hall–Kier alpha value is -0.830. The lowest BCUT2D eigenvalue weighted by Crippen LogP contribution is -2.36. The first-order valence-electron chi connectivity index (χ1n) is 7.24. The molecule has 110 valence electrons. The molecule has 1 fully saturated rings. The Morgan fingerprint density at radius 1 is 1.32 bits per heavy atom. The van der Waals surface area contributed by atoms with E-state index in [4.69, 9.17) is 9.47 Å².